The molecule has 1 aromatic carbocycles. The van der Waals surface area contributed by atoms with Gasteiger partial charge in [0.05, 0.1) is 6.54 Å². The quantitative estimate of drug-likeness (QED) is 0.789. The Bertz CT molecular complexity index is 607. The fourth-order valence-corrected chi connectivity index (χ4v) is 2.99. The highest BCUT2D eigenvalue weighted by Crippen LogP contribution is 2.17. The molecule has 1 unspecified atom stereocenters. The maximum atomic E-state index is 11.9. The number of nitrogens with one attached hydrogen (secondary N) is 2. The van der Waals surface area contributed by atoms with Gasteiger partial charge in [-0.15, -0.1) is 11.3 Å². The number of hydrogen-bond donors (Lipinski definition) is 3. The number of carbonyl (C=O) groups is 1. The highest BCUT2D eigenvalue weighted by Gasteiger charge is 2.06. The first-order valence-electron chi connectivity index (χ1n) is 7.05. The van der Waals surface area contributed by atoms with Crippen LogP contribution in [-0.4, -0.2) is 6.03 Å². The summed E-state index contributed by atoms with van der Waals surface area (Å²) < 4.78 is 0. The first-order valence-corrected chi connectivity index (χ1v) is 7.93. The van der Waals surface area contributed by atoms with Gasteiger partial charge in [0.1, 0.15) is 0 Å². The van der Waals surface area contributed by atoms with Crippen LogP contribution in [0.15, 0.2) is 35.7 Å². The molecule has 0 aliphatic rings. The van der Waals surface area contributed by atoms with Gasteiger partial charge in [-0.05, 0) is 48.1 Å². The standard InChI is InChI=1S/C16H21N3OS/c1-3-12-7-8-21-15(12)10-18-16(20)19-14-6-4-5-13(9-14)11(2)17/h4-9,11H,3,10,17H2,1-2H3,(H2,18,19,20). The van der Waals surface area contributed by atoms with Crippen molar-refractivity contribution in [1.82, 2.24) is 5.32 Å². The van der Waals surface area contributed by atoms with Crippen molar-refractivity contribution < 1.29 is 4.79 Å². The van der Waals surface area contributed by atoms with Crippen molar-refractivity contribution in [2.24, 2.45) is 5.73 Å². The molecular weight excluding hydrogens is 282 g/mol. The average Bonchev–Trinajstić information content (AvgIpc) is 2.93. The molecule has 1 heterocycles. The van der Waals surface area contributed by atoms with E-state index in [2.05, 4.69) is 29.0 Å². The summed E-state index contributed by atoms with van der Waals surface area (Å²) in [6.45, 7) is 4.59. The molecule has 5 heteroatoms. The highest BCUT2D eigenvalue weighted by molar-refractivity contribution is 7.10. The van der Waals surface area contributed by atoms with Crippen molar-refractivity contribution in [1.29, 1.82) is 0 Å². The minimum atomic E-state index is -0.202. The van der Waals surface area contributed by atoms with Crippen molar-refractivity contribution in [3.63, 3.8) is 0 Å². The molecule has 4 N–H and O–H groups in total. The Morgan fingerprint density at radius 1 is 1.38 bits per heavy atom. The van der Waals surface area contributed by atoms with E-state index >= 15 is 0 Å². The number of benzene rings is 1. The number of urea groups is 1. The van der Waals surface area contributed by atoms with Crippen LogP contribution in [0.1, 0.15) is 35.9 Å². The van der Waals surface area contributed by atoms with Crippen LogP contribution in [0.25, 0.3) is 0 Å². The largest absolute Gasteiger partial charge is 0.333 e. The highest BCUT2D eigenvalue weighted by atomic mass is 32.1. The first-order chi connectivity index (χ1) is 10.1. The summed E-state index contributed by atoms with van der Waals surface area (Å²) in [4.78, 5) is 13.1. The predicted octanol–water partition coefficient (Wildman–Crippen LogP) is 3.65. The van der Waals surface area contributed by atoms with Crippen LogP contribution in [0.2, 0.25) is 0 Å². The van der Waals surface area contributed by atoms with E-state index in [0.717, 1.165) is 17.7 Å². The molecule has 4 nitrogen and oxygen atoms in total. The van der Waals surface area contributed by atoms with Crippen LogP contribution in [0.4, 0.5) is 10.5 Å². The Morgan fingerprint density at radius 2 is 2.19 bits per heavy atom. The lowest BCUT2D eigenvalue weighted by Crippen LogP contribution is -2.28. The van der Waals surface area contributed by atoms with E-state index in [1.807, 2.05) is 31.2 Å². The zero-order valence-electron chi connectivity index (χ0n) is 12.3. The van der Waals surface area contributed by atoms with Gasteiger partial charge >= 0.3 is 6.03 Å². The second kappa shape index (κ2) is 7.24. The van der Waals surface area contributed by atoms with Gasteiger partial charge in [0.25, 0.3) is 0 Å². The maximum absolute atomic E-state index is 11.9. The lowest BCUT2D eigenvalue weighted by Gasteiger charge is -2.10. The van der Waals surface area contributed by atoms with Crippen LogP contribution in [-0.2, 0) is 13.0 Å². The number of aryl methyl sites for hydroxylation is 1. The molecule has 2 rings (SSSR count). The minimum absolute atomic E-state index is 0.0481. The Labute approximate surface area is 129 Å². The third-order valence-corrected chi connectivity index (χ3v) is 4.26. The Morgan fingerprint density at radius 3 is 2.90 bits per heavy atom. The summed E-state index contributed by atoms with van der Waals surface area (Å²) in [5.41, 5.74) is 8.89. The van der Waals surface area contributed by atoms with Crippen molar-refractivity contribution in [2.45, 2.75) is 32.9 Å². The van der Waals surface area contributed by atoms with Crippen molar-refractivity contribution in [2.75, 3.05) is 5.32 Å². The maximum Gasteiger partial charge on any atom is 0.319 e. The van der Waals surface area contributed by atoms with Crippen molar-refractivity contribution in [3.05, 3.63) is 51.7 Å². The van der Waals surface area contributed by atoms with Crippen LogP contribution in [0, 0.1) is 0 Å². The molecule has 0 radical (unpaired) electrons. The van der Waals surface area contributed by atoms with Crippen molar-refractivity contribution in [3.8, 4) is 0 Å². The molecule has 112 valence electrons. The van der Waals surface area contributed by atoms with Crippen LogP contribution in [0.5, 0.6) is 0 Å². The number of carbonyl (C=O) groups excluding carboxylic acids is 1. The molecule has 1 atom stereocenters. The first kappa shape index (κ1) is 15.5. The fraction of sp³-hybridized carbons (Fsp3) is 0.312. The van der Waals surface area contributed by atoms with E-state index in [-0.39, 0.29) is 12.1 Å². The lowest BCUT2D eigenvalue weighted by atomic mass is 10.1. The van der Waals surface area contributed by atoms with Gasteiger partial charge in [0.15, 0.2) is 0 Å². The van der Waals surface area contributed by atoms with Crippen molar-refractivity contribution >= 4 is 23.1 Å². The molecule has 1 aromatic heterocycles. The molecule has 0 saturated carbocycles. The summed E-state index contributed by atoms with van der Waals surface area (Å²) in [5, 5.41) is 7.78. The monoisotopic (exact) mass is 303 g/mol. The molecule has 0 aliphatic carbocycles. The summed E-state index contributed by atoms with van der Waals surface area (Å²) in [6, 6.07) is 9.45. The Hall–Kier alpha value is -1.85. The zero-order valence-corrected chi connectivity index (χ0v) is 13.2. The van der Waals surface area contributed by atoms with Gasteiger partial charge in [0, 0.05) is 16.6 Å². The molecule has 0 bridgehead atoms. The molecule has 0 spiro atoms. The number of thiophene rings is 1. The lowest BCUT2D eigenvalue weighted by molar-refractivity contribution is 0.252. The SMILES string of the molecule is CCc1ccsc1CNC(=O)Nc1cccc(C(C)N)c1. The van der Waals surface area contributed by atoms with E-state index < -0.39 is 0 Å². The summed E-state index contributed by atoms with van der Waals surface area (Å²) in [6.07, 6.45) is 0.985. The molecule has 0 saturated heterocycles. The molecular formula is C16H21N3OS. The predicted molar refractivity (Wildman–Crippen MR) is 88.6 cm³/mol. The summed E-state index contributed by atoms with van der Waals surface area (Å²) in [7, 11) is 0. The molecule has 2 amide bonds. The number of amides is 2. The molecule has 21 heavy (non-hydrogen) atoms. The van der Waals surface area contributed by atoms with E-state index in [1.165, 1.54) is 10.4 Å². The van der Waals surface area contributed by atoms with E-state index in [1.54, 1.807) is 11.3 Å². The normalized spacial score (nSPS) is 12.0. The topological polar surface area (TPSA) is 67.2 Å². The van der Waals surface area contributed by atoms with Crippen LogP contribution < -0.4 is 16.4 Å². The molecule has 2 aromatic rings. The van der Waals surface area contributed by atoms with Gasteiger partial charge in [-0.3, -0.25) is 0 Å². The van der Waals surface area contributed by atoms with Gasteiger partial charge < -0.3 is 16.4 Å². The average molecular weight is 303 g/mol. The number of nitrogens with two attached hydrogens (primary N) is 1. The summed E-state index contributed by atoms with van der Waals surface area (Å²) in [5.74, 6) is 0. The van der Waals surface area contributed by atoms with Gasteiger partial charge in [-0.25, -0.2) is 4.79 Å². The number of anilines is 1. The molecule has 0 aliphatic heterocycles. The number of hydrogen-bond acceptors (Lipinski definition) is 3. The van der Waals surface area contributed by atoms with E-state index in [4.69, 9.17) is 5.73 Å². The Balaban J connectivity index is 1.91. The molecule has 0 fully saturated rings. The van der Waals surface area contributed by atoms with E-state index in [0.29, 0.717) is 6.54 Å². The minimum Gasteiger partial charge on any atom is -0.333 e. The third kappa shape index (κ3) is 4.31. The van der Waals surface area contributed by atoms with Gasteiger partial charge in [0.2, 0.25) is 0 Å². The van der Waals surface area contributed by atoms with E-state index in [9.17, 15) is 4.79 Å². The second-order valence-corrected chi connectivity index (χ2v) is 5.95. The van der Waals surface area contributed by atoms with Crippen LogP contribution >= 0.6 is 11.3 Å². The third-order valence-electron chi connectivity index (χ3n) is 3.30. The smallest absolute Gasteiger partial charge is 0.319 e. The van der Waals surface area contributed by atoms with Crippen LogP contribution in [0.3, 0.4) is 0 Å². The zero-order chi connectivity index (χ0) is 15.2. The second-order valence-electron chi connectivity index (χ2n) is 4.94. The Kier molecular flexibility index (Phi) is 5.36. The van der Waals surface area contributed by atoms with Gasteiger partial charge in [-0.2, -0.15) is 0 Å². The fourth-order valence-electron chi connectivity index (χ4n) is 2.07. The number of rotatable bonds is 5. The summed E-state index contributed by atoms with van der Waals surface area (Å²) >= 11 is 1.67. The van der Waals surface area contributed by atoms with Gasteiger partial charge in [-0.1, -0.05) is 19.1 Å².